The Balaban J connectivity index is 2.83. The molecular weight excluding hydrogens is 202 g/mol. The predicted octanol–water partition coefficient (Wildman–Crippen LogP) is 2.60. The zero-order valence-electron chi connectivity index (χ0n) is 11.1. The average molecular weight is 231 g/mol. The second-order valence-corrected chi connectivity index (χ2v) is 3.97. The smallest absolute Gasteiger partial charge is 0.0700 e. The quantitative estimate of drug-likeness (QED) is 0.494. The first-order valence-corrected chi connectivity index (χ1v) is 6.78. The number of ether oxygens (including phenoxy) is 2. The van der Waals surface area contributed by atoms with Gasteiger partial charge < -0.3 is 14.8 Å². The number of rotatable bonds is 13. The molecule has 0 radical (unpaired) electrons. The molecule has 0 rings (SSSR count). The largest absolute Gasteiger partial charge is 0.379 e. The molecule has 0 saturated heterocycles. The van der Waals surface area contributed by atoms with Crippen molar-refractivity contribution in [2.24, 2.45) is 0 Å². The fourth-order valence-corrected chi connectivity index (χ4v) is 1.47. The number of hydrogen-bond acceptors (Lipinski definition) is 3. The molecule has 3 nitrogen and oxygen atoms in total. The lowest BCUT2D eigenvalue weighted by Gasteiger charge is -2.05. The van der Waals surface area contributed by atoms with Crippen LogP contribution in [0.3, 0.4) is 0 Å². The van der Waals surface area contributed by atoms with Crippen molar-refractivity contribution in [1.29, 1.82) is 0 Å². The van der Waals surface area contributed by atoms with Crippen LogP contribution in [0.25, 0.3) is 0 Å². The summed E-state index contributed by atoms with van der Waals surface area (Å²) in [6.45, 7) is 9.67. The molecule has 0 aliphatic heterocycles. The van der Waals surface area contributed by atoms with Crippen molar-refractivity contribution in [3.63, 3.8) is 0 Å². The van der Waals surface area contributed by atoms with Gasteiger partial charge in [0, 0.05) is 13.2 Å². The molecule has 1 N–H and O–H groups in total. The van der Waals surface area contributed by atoms with Gasteiger partial charge in [-0.2, -0.15) is 0 Å². The first kappa shape index (κ1) is 15.9. The number of nitrogens with one attached hydrogen (secondary N) is 1. The van der Waals surface area contributed by atoms with Gasteiger partial charge >= 0.3 is 0 Å². The highest BCUT2D eigenvalue weighted by molar-refractivity contribution is 4.48. The van der Waals surface area contributed by atoms with Gasteiger partial charge in [-0.1, -0.05) is 19.8 Å². The van der Waals surface area contributed by atoms with E-state index in [0.29, 0.717) is 0 Å². The molecule has 0 unspecified atom stereocenters. The predicted molar refractivity (Wildman–Crippen MR) is 68.9 cm³/mol. The van der Waals surface area contributed by atoms with Gasteiger partial charge in [-0.3, -0.25) is 0 Å². The van der Waals surface area contributed by atoms with Crippen LogP contribution in [0.1, 0.15) is 46.0 Å². The van der Waals surface area contributed by atoms with Gasteiger partial charge in [-0.05, 0) is 39.3 Å². The van der Waals surface area contributed by atoms with Crippen molar-refractivity contribution >= 4 is 0 Å². The summed E-state index contributed by atoms with van der Waals surface area (Å²) in [5, 5.41) is 3.41. The second kappa shape index (κ2) is 14.9. The average Bonchev–Trinajstić information content (AvgIpc) is 2.31. The first-order valence-electron chi connectivity index (χ1n) is 6.78. The zero-order chi connectivity index (χ0) is 11.9. The minimum Gasteiger partial charge on any atom is -0.379 e. The van der Waals surface area contributed by atoms with E-state index in [2.05, 4.69) is 12.2 Å². The lowest BCUT2D eigenvalue weighted by Crippen LogP contribution is -2.15. The molecule has 0 saturated carbocycles. The molecule has 0 aromatic carbocycles. The van der Waals surface area contributed by atoms with Gasteiger partial charge in [0.1, 0.15) is 0 Å². The van der Waals surface area contributed by atoms with E-state index in [1.54, 1.807) is 0 Å². The first-order chi connectivity index (χ1) is 7.91. The Bertz CT molecular complexity index is 107. The molecule has 0 atom stereocenters. The topological polar surface area (TPSA) is 30.5 Å². The third-order valence-corrected chi connectivity index (χ3v) is 2.40. The molecule has 0 aromatic rings. The van der Waals surface area contributed by atoms with Crippen molar-refractivity contribution < 1.29 is 9.47 Å². The van der Waals surface area contributed by atoms with Crippen LogP contribution in [0.4, 0.5) is 0 Å². The van der Waals surface area contributed by atoms with E-state index in [1.807, 2.05) is 6.92 Å². The Morgan fingerprint density at radius 3 is 2.25 bits per heavy atom. The fraction of sp³-hybridized carbons (Fsp3) is 1.00. The molecule has 0 spiro atoms. The van der Waals surface area contributed by atoms with Crippen LogP contribution in [0, 0.1) is 0 Å². The monoisotopic (exact) mass is 231 g/mol. The maximum Gasteiger partial charge on any atom is 0.0700 e. The lowest BCUT2D eigenvalue weighted by atomic mass is 10.2. The van der Waals surface area contributed by atoms with Gasteiger partial charge in [0.15, 0.2) is 0 Å². The summed E-state index contributed by atoms with van der Waals surface area (Å²) in [6.07, 6.45) is 6.29. The lowest BCUT2D eigenvalue weighted by molar-refractivity contribution is 0.0513. The summed E-state index contributed by atoms with van der Waals surface area (Å²) in [7, 11) is 0. The summed E-state index contributed by atoms with van der Waals surface area (Å²) >= 11 is 0. The molecule has 0 aliphatic rings. The Morgan fingerprint density at radius 2 is 1.50 bits per heavy atom. The molecule has 0 aromatic heterocycles. The highest BCUT2D eigenvalue weighted by Gasteiger charge is 1.91. The van der Waals surface area contributed by atoms with Crippen LogP contribution in [-0.2, 0) is 9.47 Å². The molecule has 98 valence electrons. The van der Waals surface area contributed by atoms with E-state index >= 15 is 0 Å². The number of unbranched alkanes of at least 4 members (excludes halogenated alkanes) is 3. The van der Waals surface area contributed by atoms with E-state index in [4.69, 9.17) is 9.47 Å². The van der Waals surface area contributed by atoms with E-state index < -0.39 is 0 Å². The zero-order valence-corrected chi connectivity index (χ0v) is 11.1. The van der Waals surface area contributed by atoms with Crippen LogP contribution >= 0.6 is 0 Å². The maximum absolute atomic E-state index is 5.44. The van der Waals surface area contributed by atoms with Crippen LogP contribution < -0.4 is 5.32 Å². The molecule has 0 amide bonds. The Hall–Kier alpha value is -0.120. The Labute approximate surface area is 101 Å². The van der Waals surface area contributed by atoms with E-state index in [9.17, 15) is 0 Å². The third kappa shape index (κ3) is 13.9. The van der Waals surface area contributed by atoms with E-state index in [0.717, 1.165) is 33.0 Å². The standard InChI is InChI=1S/C13H29NO2/c1-3-9-14-10-7-5-6-8-11-16-13-12-15-4-2/h14H,3-13H2,1-2H3. The Morgan fingerprint density at radius 1 is 0.750 bits per heavy atom. The van der Waals surface area contributed by atoms with Crippen molar-refractivity contribution in [3.05, 3.63) is 0 Å². The fourth-order valence-electron chi connectivity index (χ4n) is 1.47. The molecule has 0 aliphatic carbocycles. The molecule has 0 heterocycles. The van der Waals surface area contributed by atoms with Crippen molar-refractivity contribution in [1.82, 2.24) is 5.32 Å². The molecule has 3 heteroatoms. The van der Waals surface area contributed by atoms with Gasteiger partial charge in [-0.15, -0.1) is 0 Å². The minimum absolute atomic E-state index is 0.734. The third-order valence-electron chi connectivity index (χ3n) is 2.40. The second-order valence-electron chi connectivity index (χ2n) is 3.97. The Kier molecular flexibility index (Phi) is 14.8. The summed E-state index contributed by atoms with van der Waals surface area (Å²) in [5.41, 5.74) is 0. The number of hydrogen-bond donors (Lipinski definition) is 1. The van der Waals surface area contributed by atoms with Crippen LogP contribution in [-0.4, -0.2) is 39.5 Å². The van der Waals surface area contributed by atoms with E-state index in [-0.39, 0.29) is 0 Å². The minimum atomic E-state index is 0.734. The van der Waals surface area contributed by atoms with Gasteiger partial charge in [0.25, 0.3) is 0 Å². The summed E-state index contributed by atoms with van der Waals surface area (Å²) in [6, 6.07) is 0. The molecule has 16 heavy (non-hydrogen) atoms. The molecule has 0 bridgehead atoms. The van der Waals surface area contributed by atoms with Gasteiger partial charge in [-0.25, -0.2) is 0 Å². The van der Waals surface area contributed by atoms with Gasteiger partial charge in [0.2, 0.25) is 0 Å². The van der Waals surface area contributed by atoms with E-state index in [1.165, 1.54) is 38.6 Å². The van der Waals surface area contributed by atoms with Crippen LogP contribution in [0.5, 0.6) is 0 Å². The van der Waals surface area contributed by atoms with Crippen LogP contribution in [0.15, 0.2) is 0 Å². The molecule has 0 fully saturated rings. The normalized spacial score (nSPS) is 10.9. The summed E-state index contributed by atoms with van der Waals surface area (Å²) in [4.78, 5) is 0. The van der Waals surface area contributed by atoms with Crippen molar-refractivity contribution in [3.8, 4) is 0 Å². The van der Waals surface area contributed by atoms with Crippen molar-refractivity contribution in [2.75, 3.05) is 39.5 Å². The van der Waals surface area contributed by atoms with Crippen molar-refractivity contribution in [2.45, 2.75) is 46.0 Å². The molecular formula is C13H29NO2. The van der Waals surface area contributed by atoms with Gasteiger partial charge in [0.05, 0.1) is 13.2 Å². The highest BCUT2D eigenvalue weighted by Crippen LogP contribution is 1.99. The summed E-state index contributed by atoms with van der Waals surface area (Å²) in [5.74, 6) is 0. The van der Waals surface area contributed by atoms with Crippen LogP contribution in [0.2, 0.25) is 0 Å². The highest BCUT2D eigenvalue weighted by atomic mass is 16.5. The summed E-state index contributed by atoms with van der Waals surface area (Å²) < 4.78 is 10.6. The SMILES string of the molecule is CCCNCCCCCCOCCOCC. The maximum atomic E-state index is 5.44.